The molecule has 0 aliphatic carbocycles. The summed E-state index contributed by atoms with van der Waals surface area (Å²) < 4.78 is 3.30. The topological polar surface area (TPSA) is 26.3 Å². The lowest BCUT2D eigenvalue weighted by Crippen LogP contribution is -2.28. The summed E-state index contributed by atoms with van der Waals surface area (Å²) in [5.41, 5.74) is 0. The number of rotatable bonds is 6. The number of unbranched alkanes of at least 4 members (excludes halogenated alkanes) is 1. The van der Waals surface area contributed by atoms with Gasteiger partial charge in [-0.25, -0.2) is 4.79 Å². The molecule has 4 heteroatoms. The van der Waals surface area contributed by atoms with Crippen molar-refractivity contribution >= 4 is 29.2 Å². The molecule has 0 rings (SSSR count). The molecular formula is C9H14Cl2O2. The van der Waals surface area contributed by atoms with Crippen LogP contribution in [0.5, 0.6) is 0 Å². The van der Waals surface area contributed by atoms with E-state index in [1.54, 1.807) is 13.0 Å². The van der Waals surface area contributed by atoms with Crippen molar-refractivity contribution in [3.8, 4) is 0 Å². The number of carbonyl (C=O) groups is 1. The van der Waals surface area contributed by atoms with Gasteiger partial charge in [0.05, 0.1) is 6.61 Å². The van der Waals surface area contributed by atoms with Crippen molar-refractivity contribution in [2.45, 2.75) is 30.5 Å². The van der Waals surface area contributed by atoms with Gasteiger partial charge in [0.15, 0.2) is 0 Å². The predicted octanol–water partition coefficient (Wildman–Crippen LogP) is 3.08. The van der Waals surface area contributed by atoms with Crippen molar-refractivity contribution in [3.63, 3.8) is 0 Å². The number of ether oxygens (including phenoxy) is 1. The third-order valence-corrected chi connectivity index (χ3v) is 2.16. The number of hydrogen-bond acceptors (Lipinski definition) is 2. The molecule has 0 unspecified atom stereocenters. The van der Waals surface area contributed by atoms with Crippen LogP contribution in [0, 0.1) is 0 Å². The molecule has 0 saturated carbocycles. The first-order chi connectivity index (χ1) is 6.04. The number of halogens is 2. The summed E-state index contributed by atoms with van der Waals surface area (Å²) >= 11 is 11.5. The van der Waals surface area contributed by atoms with Gasteiger partial charge in [-0.3, -0.25) is 0 Å². The van der Waals surface area contributed by atoms with Crippen molar-refractivity contribution in [3.05, 3.63) is 12.7 Å². The Bertz CT molecular complexity index is 178. The smallest absolute Gasteiger partial charge is 0.342 e. The molecule has 2 nitrogen and oxygen atoms in total. The maximum absolute atomic E-state index is 11.1. The fraction of sp³-hybridized carbons (Fsp3) is 0.667. The van der Waals surface area contributed by atoms with Crippen LogP contribution < -0.4 is 0 Å². The second-order valence-electron chi connectivity index (χ2n) is 2.61. The summed E-state index contributed by atoms with van der Waals surface area (Å²) in [5.74, 6) is -0.567. The molecule has 0 fully saturated rings. The standard InChI is InChI=1S/C9H14Cl2O2/c1-3-5-6-7-9(10,11)8(12)13-4-2/h3H,1,4-7H2,2H3. The average molecular weight is 225 g/mol. The predicted molar refractivity (Wildman–Crippen MR) is 55.1 cm³/mol. The van der Waals surface area contributed by atoms with Crippen LogP contribution in [0.15, 0.2) is 12.7 Å². The van der Waals surface area contributed by atoms with Gasteiger partial charge in [0, 0.05) is 0 Å². The Morgan fingerprint density at radius 1 is 1.62 bits per heavy atom. The van der Waals surface area contributed by atoms with Gasteiger partial charge in [-0.05, 0) is 26.2 Å². The molecule has 76 valence electrons. The fourth-order valence-corrected chi connectivity index (χ4v) is 1.18. The highest BCUT2D eigenvalue weighted by Gasteiger charge is 2.34. The maximum Gasteiger partial charge on any atom is 0.342 e. The minimum atomic E-state index is -1.40. The highest BCUT2D eigenvalue weighted by Crippen LogP contribution is 2.29. The molecule has 0 heterocycles. The largest absolute Gasteiger partial charge is 0.464 e. The molecule has 0 aromatic heterocycles. The molecule has 0 amide bonds. The van der Waals surface area contributed by atoms with E-state index < -0.39 is 10.3 Å². The summed E-state index contributed by atoms with van der Waals surface area (Å²) in [7, 11) is 0. The SMILES string of the molecule is C=CCCCC(Cl)(Cl)C(=O)OCC. The van der Waals surface area contributed by atoms with Crippen LogP contribution in [0.1, 0.15) is 26.2 Å². The Morgan fingerprint density at radius 2 is 2.23 bits per heavy atom. The molecule has 13 heavy (non-hydrogen) atoms. The molecule has 0 bridgehead atoms. The summed E-state index contributed by atoms with van der Waals surface area (Å²) in [6, 6.07) is 0. The quantitative estimate of drug-likeness (QED) is 0.300. The lowest BCUT2D eigenvalue weighted by Gasteiger charge is -2.16. The number of carbonyl (C=O) groups excluding carboxylic acids is 1. The zero-order chi connectivity index (χ0) is 10.3. The van der Waals surface area contributed by atoms with Gasteiger partial charge < -0.3 is 4.74 Å². The second kappa shape index (κ2) is 6.28. The summed E-state index contributed by atoms with van der Waals surface area (Å²) in [4.78, 5) is 11.1. The van der Waals surface area contributed by atoms with Crippen LogP contribution in [0.25, 0.3) is 0 Å². The lowest BCUT2D eigenvalue weighted by molar-refractivity contribution is -0.144. The van der Waals surface area contributed by atoms with E-state index in [0.717, 1.165) is 12.8 Å². The van der Waals surface area contributed by atoms with E-state index in [0.29, 0.717) is 13.0 Å². The van der Waals surface area contributed by atoms with Gasteiger partial charge in [0.2, 0.25) is 4.33 Å². The number of hydrogen-bond donors (Lipinski definition) is 0. The highest BCUT2D eigenvalue weighted by atomic mass is 35.5. The normalized spacial score (nSPS) is 11.0. The number of alkyl halides is 2. The highest BCUT2D eigenvalue weighted by molar-refractivity contribution is 6.57. The molecule has 0 aromatic rings. The van der Waals surface area contributed by atoms with Crippen LogP contribution in [-0.4, -0.2) is 16.9 Å². The first-order valence-corrected chi connectivity index (χ1v) is 4.96. The number of esters is 1. The Hall–Kier alpha value is -0.210. The summed E-state index contributed by atoms with van der Waals surface area (Å²) in [5, 5.41) is 0. The average Bonchev–Trinajstić information content (AvgIpc) is 2.05. The third kappa shape index (κ3) is 5.17. The van der Waals surface area contributed by atoms with E-state index in [2.05, 4.69) is 6.58 Å². The summed E-state index contributed by atoms with van der Waals surface area (Å²) in [6.45, 7) is 5.57. The van der Waals surface area contributed by atoms with Gasteiger partial charge in [-0.2, -0.15) is 0 Å². The van der Waals surface area contributed by atoms with Gasteiger partial charge in [0.1, 0.15) is 0 Å². The van der Waals surface area contributed by atoms with E-state index in [-0.39, 0.29) is 0 Å². The molecule has 0 N–H and O–H groups in total. The second-order valence-corrected chi connectivity index (χ2v) is 4.09. The van der Waals surface area contributed by atoms with Crippen molar-refractivity contribution in [2.75, 3.05) is 6.61 Å². The van der Waals surface area contributed by atoms with Crippen molar-refractivity contribution in [1.82, 2.24) is 0 Å². The van der Waals surface area contributed by atoms with E-state index in [4.69, 9.17) is 27.9 Å². The molecule has 0 atom stereocenters. The van der Waals surface area contributed by atoms with Gasteiger partial charge in [-0.15, -0.1) is 6.58 Å². The molecule has 0 aliphatic heterocycles. The minimum Gasteiger partial charge on any atom is -0.464 e. The van der Waals surface area contributed by atoms with Gasteiger partial charge in [0.25, 0.3) is 0 Å². The molecule has 0 saturated heterocycles. The van der Waals surface area contributed by atoms with Gasteiger partial charge >= 0.3 is 5.97 Å². The van der Waals surface area contributed by atoms with Crippen LogP contribution in [0.2, 0.25) is 0 Å². The van der Waals surface area contributed by atoms with Crippen LogP contribution in [0.3, 0.4) is 0 Å². The zero-order valence-electron chi connectivity index (χ0n) is 7.69. The number of allylic oxidation sites excluding steroid dienone is 1. The van der Waals surface area contributed by atoms with Crippen molar-refractivity contribution in [1.29, 1.82) is 0 Å². The first kappa shape index (κ1) is 12.8. The molecule has 0 aliphatic rings. The third-order valence-electron chi connectivity index (χ3n) is 1.47. The lowest BCUT2D eigenvalue weighted by atomic mass is 10.2. The van der Waals surface area contributed by atoms with Gasteiger partial charge in [-0.1, -0.05) is 29.3 Å². The van der Waals surface area contributed by atoms with Crippen molar-refractivity contribution in [2.24, 2.45) is 0 Å². The molecule has 0 spiro atoms. The molecule has 0 aromatic carbocycles. The van der Waals surface area contributed by atoms with Crippen LogP contribution in [-0.2, 0) is 9.53 Å². The van der Waals surface area contributed by atoms with E-state index in [1.165, 1.54) is 0 Å². The molecular weight excluding hydrogens is 211 g/mol. The van der Waals surface area contributed by atoms with Crippen LogP contribution >= 0.6 is 23.2 Å². The Balaban J connectivity index is 3.90. The van der Waals surface area contributed by atoms with E-state index >= 15 is 0 Å². The Labute approximate surface area is 88.9 Å². The van der Waals surface area contributed by atoms with E-state index in [1.807, 2.05) is 0 Å². The Kier molecular flexibility index (Phi) is 6.17. The van der Waals surface area contributed by atoms with E-state index in [9.17, 15) is 4.79 Å². The molecule has 0 radical (unpaired) electrons. The Morgan fingerprint density at radius 3 is 2.69 bits per heavy atom. The zero-order valence-corrected chi connectivity index (χ0v) is 9.20. The minimum absolute atomic E-state index is 0.293. The van der Waals surface area contributed by atoms with Crippen molar-refractivity contribution < 1.29 is 9.53 Å². The first-order valence-electron chi connectivity index (χ1n) is 4.20. The maximum atomic E-state index is 11.1. The fourth-order valence-electron chi connectivity index (χ4n) is 0.807. The van der Waals surface area contributed by atoms with Crippen LogP contribution in [0.4, 0.5) is 0 Å². The monoisotopic (exact) mass is 224 g/mol. The summed E-state index contributed by atoms with van der Waals surface area (Å²) in [6.07, 6.45) is 3.67.